The Labute approximate surface area is 125 Å². The van der Waals surface area contributed by atoms with Crippen molar-refractivity contribution in [3.05, 3.63) is 28.8 Å². The number of hydrogen-bond donors (Lipinski definition) is 1. The summed E-state index contributed by atoms with van der Waals surface area (Å²) in [6.07, 6.45) is 0.0939. The van der Waals surface area contributed by atoms with Crippen LogP contribution < -0.4 is 10.1 Å². The Morgan fingerprint density at radius 1 is 1.25 bits per heavy atom. The first-order valence-electron chi connectivity index (χ1n) is 6.78. The average molecular weight is 293 g/mol. The van der Waals surface area contributed by atoms with E-state index < -0.39 is 0 Å². The first-order valence-corrected chi connectivity index (χ1v) is 7.16. The standard InChI is InChI=1S/C16H21ClN2O/c1-15(2)13(19-5)16(3,4)14(15)20-11-7-6-10(9-18)12(17)8-11/h6-8,13-14,19H,1-5H3. The smallest absolute Gasteiger partial charge is 0.121 e. The SMILES string of the molecule is CNC1C(C)(C)C(Oc2ccc(C#N)c(Cl)c2)C1(C)C. The highest BCUT2D eigenvalue weighted by Gasteiger charge is 2.62. The summed E-state index contributed by atoms with van der Waals surface area (Å²) < 4.78 is 6.16. The Morgan fingerprint density at radius 3 is 2.30 bits per heavy atom. The van der Waals surface area contributed by atoms with Crippen LogP contribution in [-0.2, 0) is 0 Å². The van der Waals surface area contributed by atoms with Gasteiger partial charge in [0, 0.05) is 22.9 Å². The second-order valence-corrected chi connectivity index (χ2v) is 7.02. The highest BCUT2D eigenvalue weighted by atomic mass is 35.5. The topological polar surface area (TPSA) is 45.0 Å². The molecule has 1 aromatic rings. The zero-order chi connectivity index (χ0) is 15.1. The molecular weight excluding hydrogens is 272 g/mol. The summed E-state index contributed by atoms with van der Waals surface area (Å²) in [7, 11) is 1.99. The molecule has 0 heterocycles. The second kappa shape index (κ2) is 4.95. The molecule has 0 amide bonds. The minimum absolute atomic E-state index is 0.0403. The van der Waals surface area contributed by atoms with Gasteiger partial charge < -0.3 is 10.1 Å². The monoisotopic (exact) mass is 292 g/mol. The van der Waals surface area contributed by atoms with Gasteiger partial charge in [0.2, 0.25) is 0 Å². The minimum atomic E-state index is 0.0403. The summed E-state index contributed by atoms with van der Waals surface area (Å²) in [5, 5.41) is 12.7. The Bertz CT molecular complexity index is 544. The van der Waals surface area contributed by atoms with Crippen LogP contribution in [0.5, 0.6) is 5.75 Å². The maximum Gasteiger partial charge on any atom is 0.121 e. The van der Waals surface area contributed by atoms with Crippen molar-refractivity contribution in [1.29, 1.82) is 5.26 Å². The summed E-state index contributed by atoms with van der Waals surface area (Å²) in [6, 6.07) is 7.68. The van der Waals surface area contributed by atoms with Gasteiger partial charge in [-0.25, -0.2) is 0 Å². The van der Waals surface area contributed by atoms with Crippen molar-refractivity contribution in [2.24, 2.45) is 10.8 Å². The third kappa shape index (κ3) is 2.17. The molecule has 0 radical (unpaired) electrons. The maximum atomic E-state index is 8.90. The van der Waals surface area contributed by atoms with E-state index in [-0.39, 0.29) is 16.9 Å². The van der Waals surface area contributed by atoms with Crippen molar-refractivity contribution in [1.82, 2.24) is 5.32 Å². The van der Waals surface area contributed by atoms with Crippen LogP contribution in [-0.4, -0.2) is 19.2 Å². The van der Waals surface area contributed by atoms with Gasteiger partial charge in [0.25, 0.3) is 0 Å². The van der Waals surface area contributed by atoms with Gasteiger partial charge in [-0.15, -0.1) is 0 Å². The molecule has 20 heavy (non-hydrogen) atoms. The minimum Gasteiger partial charge on any atom is -0.489 e. The maximum absolute atomic E-state index is 8.90. The van der Waals surface area contributed by atoms with E-state index in [2.05, 4.69) is 39.1 Å². The summed E-state index contributed by atoms with van der Waals surface area (Å²) >= 11 is 6.06. The number of benzene rings is 1. The van der Waals surface area contributed by atoms with Crippen molar-refractivity contribution >= 4 is 11.6 Å². The molecule has 0 unspecified atom stereocenters. The van der Waals surface area contributed by atoms with Crippen LogP contribution in [0.2, 0.25) is 5.02 Å². The number of hydrogen-bond acceptors (Lipinski definition) is 3. The fourth-order valence-electron chi connectivity index (χ4n) is 3.97. The molecule has 0 saturated heterocycles. The Hall–Kier alpha value is -1.24. The van der Waals surface area contributed by atoms with Crippen molar-refractivity contribution in [3.8, 4) is 11.8 Å². The number of rotatable bonds is 3. The van der Waals surface area contributed by atoms with E-state index in [1.54, 1.807) is 12.1 Å². The van der Waals surface area contributed by atoms with Gasteiger partial charge in [-0.2, -0.15) is 5.26 Å². The molecule has 1 N–H and O–H groups in total. The molecule has 3 nitrogen and oxygen atoms in total. The van der Waals surface area contributed by atoms with Gasteiger partial charge in [0.1, 0.15) is 17.9 Å². The number of ether oxygens (including phenoxy) is 1. The second-order valence-electron chi connectivity index (χ2n) is 6.62. The highest BCUT2D eigenvalue weighted by Crippen LogP contribution is 2.55. The molecule has 1 aliphatic rings. The van der Waals surface area contributed by atoms with Gasteiger partial charge in [0.15, 0.2) is 0 Å². The third-order valence-corrected chi connectivity index (χ3v) is 4.76. The fourth-order valence-corrected chi connectivity index (χ4v) is 4.18. The van der Waals surface area contributed by atoms with Gasteiger partial charge in [-0.3, -0.25) is 0 Å². The van der Waals surface area contributed by atoms with Gasteiger partial charge >= 0.3 is 0 Å². The van der Waals surface area contributed by atoms with Crippen molar-refractivity contribution in [2.75, 3.05) is 7.05 Å². The van der Waals surface area contributed by atoms with Crippen LogP contribution in [0.15, 0.2) is 18.2 Å². The Morgan fingerprint density at radius 2 is 1.85 bits per heavy atom. The van der Waals surface area contributed by atoms with E-state index in [0.717, 1.165) is 5.75 Å². The molecule has 2 rings (SSSR count). The van der Waals surface area contributed by atoms with E-state index in [0.29, 0.717) is 16.6 Å². The van der Waals surface area contributed by atoms with Gasteiger partial charge in [-0.05, 0) is 19.2 Å². The number of nitrogens with zero attached hydrogens (tertiary/aromatic N) is 1. The van der Waals surface area contributed by atoms with Crippen LogP contribution in [0.3, 0.4) is 0 Å². The van der Waals surface area contributed by atoms with E-state index in [9.17, 15) is 0 Å². The molecule has 1 saturated carbocycles. The number of nitriles is 1. The summed E-state index contributed by atoms with van der Waals surface area (Å²) in [5.41, 5.74) is 0.552. The van der Waals surface area contributed by atoms with Crippen LogP contribution >= 0.6 is 11.6 Å². The normalized spacial score (nSPS) is 26.4. The third-order valence-electron chi connectivity index (χ3n) is 4.44. The zero-order valence-electron chi connectivity index (χ0n) is 12.6. The van der Waals surface area contributed by atoms with E-state index in [1.165, 1.54) is 0 Å². The Kier molecular flexibility index (Phi) is 3.75. The largest absolute Gasteiger partial charge is 0.489 e. The Balaban J connectivity index is 2.23. The summed E-state index contributed by atoms with van der Waals surface area (Å²) in [5.74, 6) is 0.717. The number of nitrogens with one attached hydrogen (secondary N) is 1. The first kappa shape index (κ1) is 15.2. The number of halogens is 1. The molecule has 1 aromatic carbocycles. The highest BCUT2D eigenvalue weighted by molar-refractivity contribution is 6.31. The molecule has 0 bridgehead atoms. The lowest BCUT2D eigenvalue weighted by atomic mass is 9.49. The summed E-state index contributed by atoms with van der Waals surface area (Å²) in [4.78, 5) is 0. The van der Waals surface area contributed by atoms with Crippen molar-refractivity contribution < 1.29 is 4.74 Å². The van der Waals surface area contributed by atoms with Crippen LogP contribution in [0.25, 0.3) is 0 Å². The molecule has 1 fully saturated rings. The van der Waals surface area contributed by atoms with Crippen LogP contribution in [0.4, 0.5) is 0 Å². The molecule has 1 aliphatic carbocycles. The predicted molar refractivity (Wildman–Crippen MR) is 81.0 cm³/mol. The van der Waals surface area contributed by atoms with Crippen molar-refractivity contribution in [3.63, 3.8) is 0 Å². The fraction of sp³-hybridized carbons (Fsp3) is 0.562. The lowest BCUT2D eigenvalue weighted by Crippen LogP contribution is -2.73. The van der Waals surface area contributed by atoms with Crippen LogP contribution in [0, 0.1) is 22.2 Å². The van der Waals surface area contributed by atoms with E-state index in [1.807, 2.05) is 13.1 Å². The molecular formula is C16H21ClN2O. The van der Waals surface area contributed by atoms with Crippen molar-refractivity contribution in [2.45, 2.75) is 39.8 Å². The molecule has 108 valence electrons. The predicted octanol–water partition coefficient (Wildman–Crippen LogP) is 3.61. The molecule has 0 atom stereocenters. The lowest BCUT2D eigenvalue weighted by Gasteiger charge is -2.63. The molecule has 0 aliphatic heterocycles. The summed E-state index contributed by atoms with van der Waals surface area (Å²) in [6.45, 7) is 8.81. The van der Waals surface area contributed by atoms with Gasteiger partial charge in [0.05, 0.1) is 10.6 Å². The van der Waals surface area contributed by atoms with E-state index >= 15 is 0 Å². The van der Waals surface area contributed by atoms with Crippen LogP contribution in [0.1, 0.15) is 33.3 Å². The molecule has 4 heteroatoms. The van der Waals surface area contributed by atoms with Gasteiger partial charge in [-0.1, -0.05) is 39.3 Å². The zero-order valence-corrected chi connectivity index (χ0v) is 13.4. The molecule has 0 aromatic heterocycles. The van der Waals surface area contributed by atoms with E-state index in [4.69, 9.17) is 21.6 Å². The average Bonchev–Trinajstić information content (AvgIpc) is 2.35. The molecule has 0 spiro atoms. The quantitative estimate of drug-likeness (QED) is 0.925. The lowest BCUT2D eigenvalue weighted by molar-refractivity contribution is -0.166. The first-order chi connectivity index (χ1) is 9.25.